The van der Waals surface area contributed by atoms with Crippen molar-refractivity contribution in [1.29, 1.82) is 5.26 Å². The fourth-order valence-corrected chi connectivity index (χ4v) is 2.24. The lowest BCUT2D eigenvalue weighted by Gasteiger charge is -2.23. The average Bonchev–Trinajstić information content (AvgIpc) is 2.65. The predicted octanol–water partition coefficient (Wildman–Crippen LogP) is 3.39. The third-order valence-corrected chi connectivity index (χ3v) is 3.02. The van der Waals surface area contributed by atoms with E-state index in [1.165, 1.54) is 6.42 Å². The summed E-state index contributed by atoms with van der Waals surface area (Å²) in [4.78, 5) is 0. The van der Waals surface area contributed by atoms with Crippen molar-refractivity contribution in [2.24, 2.45) is 5.92 Å². The first kappa shape index (κ1) is 9.33. The maximum absolute atomic E-state index is 8.88. The third-order valence-electron chi connectivity index (χ3n) is 3.02. The van der Waals surface area contributed by atoms with Crippen LogP contribution in [-0.4, -0.2) is 0 Å². The summed E-state index contributed by atoms with van der Waals surface area (Å²) < 4.78 is 5.61. The second-order valence-corrected chi connectivity index (χ2v) is 4.14. The van der Waals surface area contributed by atoms with E-state index in [-0.39, 0.29) is 5.92 Å². The van der Waals surface area contributed by atoms with Crippen molar-refractivity contribution < 1.29 is 4.42 Å². The minimum atomic E-state index is 0.235. The summed E-state index contributed by atoms with van der Waals surface area (Å²) in [5.74, 6) is 2.75. The van der Waals surface area contributed by atoms with Crippen molar-refractivity contribution >= 4 is 0 Å². The Morgan fingerprint density at radius 1 is 1.43 bits per heavy atom. The molecule has 2 heteroatoms. The summed E-state index contributed by atoms with van der Waals surface area (Å²) in [6, 6.07) is 6.43. The smallest absolute Gasteiger partial charge is 0.107 e. The van der Waals surface area contributed by atoms with Gasteiger partial charge in [0.15, 0.2) is 0 Å². The summed E-state index contributed by atoms with van der Waals surface area (Å²) in [6.45, 7) is 1.97. The van der Waals surface area contributed by atoms with Crippen molar-refractivity contribution in [3.63, 3.8) is 0 Å². The monoisotopic (exact) mass is 189 g/mol. The zero-order chi connectivity index (χ0) is 9.97. The minimum Gasteiger partial charge on any atom is -0.466 e. The lowest BCUT2D eigenvalue weighted by atomic mass is 9.81. The molecule has 2 rings (SSSR count). The molecular formula is C12H15NO. The lowest BCUT2D eigenvalue weighted by molar-refractivity contribution is 0.329. The SMILES string of the molecule is Cc1ccc(C2CCCC(C#N)C2)o1. The van der Waals surface area contributed by atoms with Crippen molar-refractivity contribution in [3.8, 4) is 6.07 Å². The first-order valence-corrected chi connectivity index (χ1v) is 5.25. The fraction of sp³-hybridized carbons (Fsp3) is 0.583. The van der Waals surface area contributed by atoms with Gasteiger partial charge in [-0.05, 0) is 38.3 Å². The van der Waals surface area contributed by atoms with Crippen LogP contribution in [0.3, 0.4) is 0 Å². The Labute approximate surface area is 84.5 Å². The van der Waals surface area contributed by atoms with Crippen LogP contribution in [0.1, 0.15) is 43.1 Å². The Morgan fingerprint density at radius 2 is 2.29 bits per heavy atom. The molecule has 0 N–H and O–H groups in total. The molecular weight excluding hydrogens is 174 g/mol. The zero-order valence-electron chi connectivity index (χ0n) is 8.49. The van der Waals surface area contributed by atoms with Crippen molar-refractivity contribution in [2.75, 3.05) is 0 Å². The number of rotatable bonds is 1. The summed E-state index contributed by atoms with van der Waals surface area (Å²) in [6.07, 6.45) is 4.36. The maximum Gasteiger partial charge on any atom is 0.107 e. The highest BCUT2D eigenvalue weighted by Gasteiger charge is 2.24. The zero-order valence-corrected chi connectivity index (χ0v) is 8.49. The standard InChI is InChI=1S/C12H15NO/c1-9-5-6-12(14-9)11-4-2-3-10(7-11)8-13/h5-6,10-11H,2-4,7H2,1H3. The van der Waals surface area contributed by atoms with Gasteiger partial charge in [-0.1, -0.05) is 6.42 Å². The third kappa shape index (κ3) is 1.82. The van der Waals surface area contributed by atoms with Crippen molar-refractivity contribution in [3.05, 3.63) is 23.7 Å². The molecule has 1 aliphatic carbocycles. The average molecular weight is 189 g/mol. The molecule has 2 atom stereocenters. The Bertz CT molecular complexity index is 347. The molecule has 0 radical (unpaired) electrons. The van der Waals surface area contributed by atoms with Gasteiger partial charge in [0.2, 0.25) is 0 Å². The normalized spacial score (nSPS) is 27.1. The van der Waals surface area contributed by atoms with Crippen LogP contribution in [0.15, 0.2) is 16.5 Å². The molecule has 2 nitrogen and oxygen atoms in total. The number of aryl methyl sites for hydroxylation is 1. The molecule has 1 aliphatic rings. The van der Waals surface area contributed by atoms with Gasteiger partial charge in [0.1, 0.15) is 11.5 Å². The van der Waals surface area contributed by atoms with Crippen LogP contribution in [-0.2, 0) is 0 Å². The molecule has 0 aromatic carbocycles. The van der Waals surface area contributed by atoms with Crippen LogP contribution in [0.25, 0.3) is 0 Å². The van der Waals surface area contributed by atoms with E-state index < -0.39 is 0 Å². The first-order chi connectivity index (χ1) is 6.79. The van der Waals surface area contributed by atoms with Crippen molar-refractivity contribution in [1.82, 2.24) is 0 Å². The molecule has 14 heavy (non-hydrogen) atoms. The summed E-state index contributed by atoms with van der Waals surface area (Å²) in [5, 5.41) is 8.88. The second kappa shape index (κ2) is 3.88. The largest absolute Gasteiger partial charge is 0.466 e. The van der Waals surface area contributed by atoms with Crippen molar-refractivity contribution in [2.45, 2.75) is 38.5 Å². The minimum absolute atomic E-state index is 0.235. The summed E-state index contributed by atoms with van der Waals surface area (Å²) in [5.41, 5.74) is 0. The number of nitrogens with zero attached hydrogens (tertiary/aromatic N) is 1. The Morgan fingerprint density at radius 3 is 2.93 bits per heavy atom. The number of nitriles is 1. The van der Waals surface area contributed by atoms with E-state index in [1.807, 2.05) is 13.0 Å². The van der Waals surface area contributed by atoms with Crippen LogP contribution in [0.5, 0.6) is 0 Å². The quantitative estimate of drug-likeness (QED) is 0.679. The first-order valence-electron chi connectivity index (χ1n) is 5.25. The van der Waals surface area contributed by atoms with E-state index in [0.717, 1.165) is 30.8 Å². The van der Waals surface area contributed by atoms with Gasteiger partial charge < -0.3 is 4.42 Å². The molecule has 1 aromatic rings. The topological polar surface area (TPSA) is 36.9 Å². The van der Waals surface area contributed by atoms with Gasteiger partial charge in [0.25, 0.3) is 0 Å². The van der Waals surface area contributed by atoms with E-state index in [9.17, 15) is 0 Å². The van der Waals surface area contributed by atoms with Crippen LogP contribution in [0.2, 0.25) is 0 Å². The molecule has 0 spiro atoms. The Balaban J connectivity index is 2.08. The number of hydrogen-bond acceptors (Lipinski definition) is 2. The van der Waals surface area contributed by atoms with Crippen LogP contribution in [0, 0.1) is 24.2 Å². The highest BCUT2D eigenvalue weighted by Crippen LogP contribution is 2.36. The summed E-state index contributed by atoms with van der Waals surface area (Å²) in [7, 11) is 0. The molecule has 1 fully saturated rings. The van der Waals surface area contributed by atoms with E-state index in [4.69, 9.17) is 9.68 Å². The highest BCUT2D eigenvalue weighted by molar-refractivity contribution is 5.12. The van der Waals surface area contributed by atoms with Gasteiger partial charge in [-0.3, -0.25) is 0 Å². The molecule has 1 heterocycles. The number of furan rings is 1. The lowest BCUT2D eigenvalue weighted by Crippen LogP contribution is -2.12. The Hall–Kier alpha value is -1.23. The van der Waals surface area contributed by atoms with Gasteiger partial charge in [0, 0.05) is 11.8 Å². The molecule has 2 unspecified atom stereocenters. The van der Waals surface area contributed by atoms with Crippen LogP contribution in [0.4, 0.5) is 0 Å². The number of hydrogen-bond donors (Lipinski definition) is 0. The van der Waals surface area contributed by atoms with E-state index in [1.54, 1.807) is 0 Å². The molecule has 0 saturated heterocycles. The van der Waals surface area contributed by atoms with Gasteiger partial charge >= 0.3 is 0 Å². The van der Waals surface area contributed by atoms with Gasteiger partial charge in [-0.15, -0.1) is 0 Å². The molecule has 0 aliphatic heterocycles. The van der Waals surface area contributed by atoms with E-state index in [0.29, 0.717) is 5.92 Å². The van der Waals surface area contributed by atoms with E-state index in [2.05, 4.69) is 12.1 Å². The van der Waals surface area contributed by atoms with Crippen LogP contribution < -0.4 is 0 Å². The van der Waals surface area contributed by atoms with E-state index >= 15 is 0 Å². The highest BCUT2D eigenvalue weighted by atomic mass is 16.3. The van der Waals surface area contributed by atoms with Gasteiger partial charge in [-0.25, -0.2) is 0 Å². The molecule has 74 valence electrons. The summed E-state index contributed by atoms with van der Waals surface area (Å²) >= 11 is 0. The van der Waals surface area contributed by atoms with Gasteiger partial charge in [-0.2, -0.15) is 5.26 Å². The van der Waals surface area contributed by atoms with Crippen LogP contribution >= 0.6 is 0 Å². The fourth-order valence-electron chi connectivity index (χ4n) is 2.24. The molecule has 0 bridgehead atoms. The maximum atomic E-state index is 8.88. The predicted molar refractivity (Wildman–Crippen MR) is 53.8 cm³/mol. The molecule has 0 amide bonds. The Kier molecular flexibility index (Phi) is 2.58. The molecule has 1 saturated carbocycles. The van der Waals surface area contributed by atoms with Gasteiger partial charge in [0.05, 0.1) is 6.07 Å². The molecule has 1 aromatic heterocycles. The second-order valence-electron chi connectivity index (χ2n) is 4.14.